The normalized spacial score (nSPS) is 13.4. The second-order valence-corrected chi connectivity index (χ2v) is 8.04. The predicted molar refractivity (Wildman–Crippen MR) is 128 cm³/mol. The van der Waals surface area contributed by atoms with Crippen LogP contribution in [-0.2, 0) is 22.5 Å². The number of aromatic nitrogens is 1. The number of benzene rings is 2. The number of nitrogens with zero attached hydrogens (tertiary/aromatic N) is 2. The molecule has 0 saturated carbocycles. The fraction of sp³-hybridized carbons (Fsp3) is 0.346. The molecule has 1 aliphatic rings. The fourth-order valence-electron chi connectivity index (χ4n) is 4.19. The Bertz CT molecular complexity index is 1140. The molecule has 0 aliphatic carbocycles. The third-order valence-corrected chi connectivity index (χ3v) is 5.65. The number of esters is 1. The summed E-state index contributed by atoms with van der Waals surface area (Å²) in [5.74, 6) is -0.161. The molecule has 2 aromatic carbocycles. The number of para-hydroxylation sites is 1. The molecule has 0 bridgehead atoms. The van der Waals surface area contributed by atoms with Gasteiger partial charge in [0, 0.05) is 41.8 Å². The summed E-state index contributed by atoms with van der Waals surface area (Å²) in [5, 5.41) is 3.51. The molecular weight excluding hydrogens is 418 g/mol. The van der Waals surface area contributed by atoms with Gasteiger partial charge in [-0.1, -0.05) is 25.1 Å². The lowest BCUT2D eigenvalue weighted by Gasteiger charge is -2.29. The summed E-state index contributed by atoms with van der Waals surface area (Å²) >= 11 is 0. The Kier molecular flexibility index (Phi) is 7.19. The van der Waals surface area contributed by atoms with Crippen LogP contribution in [0.2, 0.25) is 0 Å². The third kappa shape index (κ3) is 5.31. The first-order valence-electron chi connectivity index (χ1n) is 11.4. The maximum Gasteiger partial charge on any atom is 0.339 e. The van der Waals surface area contributed by atoms with Gasteiger partial charge in [-0.3, -0.25) is 14.7 Å². The molecule has 0 radical (unpaired) electrons. The van der Waals surface area contributed by atoms with Crippen LogP contribution in [-0.4, -0.2) is 48.1 Å². The third-order valence-electron chi connectivity index (χ3n) is 5.65. The molecule has 0 atom stereocenters. The van der Waals surface area contributed by atoms with Crippen molar-refractivity contribution in [1.29, 1.82) is 0 Å². The van der Waals surface area contributed by atoms with Crippen LogP contribution >= 0.6 is 0 Å². The molecule has 2 heterocycles. The van der Waals surface area contributed by atoms with Crippen molar-refractivity contribution >= 4 is 28.5 Å². The zero-order valence-electron chi connectivity index (χ0n) is 19.1. The van der Waals surface area contributed by atoms with E-state index < -0.39 is 11.9 Å². The van der Waals surface area contributed by atoms with Crippen LogP contribution in [0.25, 0.3) is 10.9 Å². The van der Waals surface area contributed by atoms with Gasteiger partial charge in [0.2, 0.25) is 0 Å². The van der Waals surface area contributed by atoms with Gasteiger partial charge in [-0.2, -0.15) is 0 Å². The molecule has 4 rings (SSSR count). The predicted octanol–water partition coefficient (Wildman–Crippen LogP) is 4.20. The zero-order chi connectivity index (χ0) is 23.2. The SMILES string of the molecule is CCCN1CCc2nc3ccccc3c(C(=O)OCC(=O)Nc3ccc(OCC)cc3)c2C1. The number of anilines is 1. The lowest BCUT2D eigenvalue weighted by molar-refractivity contribution is -0.119. The van der Waals surface area contributed by atoms with Crippen LogP contribution in [0.5, 0.6) is 5.75 Å². The van der Waals surface area contributed by atoms with E-state index in [9.17, 15) is 9.59 Å². The Hall–Kier alpha value is -3.45. The summed E-state index contributed by atoms with van der Waals surface area (Å²) in [7, 11) is 0. The van der Waals surface area contributed by atoms with Crippen molar-refractivity contribution in [1.82, 2.24) is 9.88 Å². The van der Waals surface area contributed by atoms with Gasteiger partial charge in [-0.05, 0) is 50.2 Å². The van der Waals surface area contributed by atoms with Gasteiger partial charge in [0.15, 0.2) is 6.61 Å². The van der Waals surface area contributed by atoms with Crippen LogP contribution in [0.4, 0.5) is 5.69 Å². The van der Waals surface area contributed by atoms with E-state index in [2.05, 4.69) is 17.1 Å². The van der Waals surface area contributed by atoms with Gasteiger partial charge >= 0.3 is 5.97 Å². The summed E-state index contributed by atoms with van der Waals surface area (Å²) in [6, 6.07) is 14.7. The molecule has 7 nitrogen and oxygen atoms in total. The van der Waals surface area contributed by atoms with Crippen LogP contribution in [0.15, 0.2) is 48.5 Å². The first kappa shape index (κ1) is 22.7. The van der Waals surface area contributed by atoms with Crippen LogP contribution in [0.3, 0.4) is 0 Å². The van der Waals surface area contributed by atoms with Gasteiger partial charge in [0.1, 0.15) is 5.75 Å². The van der Waals surface area contributed by atoms with Crippen molar-refractivity contribution in [2.45, 2.75) is 33.2 Å². The summed E-state index contributed by atoms with van der Waals surface area (Å²) in [6.45, 7) is 6.81. The summed E-state index contributed by atoms with van der Waals surface area (Å²) < 4.78 is 10.9. The van der Waals surface area contributed by atoms with Crippen molar-refractivity contribution in [3.8, 4) is 5.75 Å². The van der Waals surface area contributed by atoms with Gasteiger partial charge in [-0.15, -0.1) is 0 Å². The van der Waals surface area contributed by atoms with E-state index >= 15 is 0 Å². The lowest BCUT2D eigenvalue weighted by Crippen LogP contribution is -2.33. The maximum atomic E-state index is 13.2. The Morgan fingerprint density at radius 3 is 2.64 bits per heavy atom. The standard InChI is InChI=1S/C26H29N3O4/c1-3-14-29-15-13-23-21(16-29)25(20-7-5-6-8-22(20)28-23)26(31)33-17-24(30)27-18-9-11-19(12-10-18)32-4-2/h5-12H,3-4,13-17H2,1-2H3,(H,27,30). The van der Waals surface area contributed by atoms with E-state index in [-0.39, 0.29) is 6.61 Å². The monoisotopic (exact) mass is 447 g/mol. The first-order valence-corrected chi connectivity index (χ1v) is 11.4. The molecule has 0 unspecified atom stereocenters. The largest absolute Gasteiger partial charge is 0.494 e. The Balaban J connectivity index is 1.50. The van der Waals surface area contributed by atoms with E-state index in [1.165, 1.54) is 0 Å². The van der Waals surface area contributed by atoms with E-state index in [4.69, 9.17) is 14.5 Å². The Labute approximate surface area is 193 Å². The van der Waals surface area contributed by atoms with Crippen molar-refractivity contribution in [2.75, 3.05) is 31.6 Å². The van der Waals surface area contributed by atoms with Crippen molar-refractivity contribution < 1.29 is 19.1 Å². The van der Waals surface area contributed by atoms with E-state index in [1.54, 1.807) is 24.3 Å². The number of carbonyl (C=O) groups excluding carboxylic acids is 2. The number of rotatable bonds is 8. The maximum absolute atomic E-state index is 13.2. The molecule has 33 heavy (non-hydrogen) atoms. The number of hydrogen-bond donors (Lipinski definition) is 1. The number of pyridine rings is 1. The molecule has 1 N–H and O–H groups in total. The Morgan fingerprint density at radius 1 is 1.09 bits per heavy atom. The minimum atomic E-state index is -0.495. The van der Waals surface area contributed by atoms with Gasteiger partial charge in [-0.25, -0.2) is 4.79 Å². The van der Waals surface area contributed by atoms with Gasteiger partial charge in [0.05, 0.1) is 17.7 Å². The number of carbonyl (C=O) groups is 2. The fourth-order valence-corrected chi connectivity index (χ4v) is 4.19. The highest BCUT2D eigenvalue weighted by atomic mass is 16.5. The van der Waals surface area contributed by atoms with E-state index in [0.29, 0.717) is 24.4 Å². The first-order chi connectivity index (χ1) is 16.1. The lowest BCUT2D eigenvalue weighted by atomic mass is 9.95. The molecule has 7 heteroatoms. The van der Waals surface area contributed by atoms with Gasteiger partial charge < -0.3 is 14.8 Å². The second kappa shape index (κ2) is 10.4. The highest BCUT2D eigenvalue weighted by Gasteiger charge is 2.26. The van der Waals surface area contributed by atoms with Crippen molar-refractivity contribution in [3.63, 3.8) is 0 Å². The second-order valence-electron chi connectivity index (χ2n) is 8.04. The highest BCUT2D eigenvalue weighted by Crippen LogP contribution is 2.29. The number of nitrogens with one attached hydrogen (secondary N) is 1. The van der Waals surface area contributed by atoms with E-state index in [1.807, 2.05) is 31.2 Å². The number of hydrogen-bond acceptors (Lipinski definition) is 6. The smallest absolute Gasteiger partial charge is 0.339 e. The topological polar surface area (TPSA) is 80.8 Å². The van der Waals surface area contributed by atoms with E-state index in [0.717, 1.165) is 53.8 Å². The van der Waals surface area contributed by atoms with Crippen LogP contribution in [0.1, 0.15) is 41.9 Å². The molecule has 1 aromatic heterocycles. The van der Waals surface area contributed by atoms with Crippen LogP contribution < -0.4 is 10.1 Å². The average Bonchev–Trinajstić information content (AvgIpc) is 2.83. The number of fused-ring (bicyclic) bond motifs is 2. The van der Waals surface area contributed by atoms with Crippen LogP contribution in [0, 0.1) is 0 Å². The highest BCUT2D eigenvalue weighted by molar-refractivity contribution is 6.06. The summed E-state index contributed by atoms with van der Waals surface area (Å²) in [6.07, 6.45) is 1.83. The Morgan fingerprint density at radius 2 is 1.88 bits per heavy atom. The molecule has 0 spiro atoms. The molecule has 1 aliphatic heterocycles. The minimum absolute atomic E-state index is 0.365. The van der Waals surface area contributed by atoms with Gasteiger partial charge in [0.25, 0.3) is 5.91 Å². The molecule has 172 valence electrons. The number of ether oxygens (including phenoxy) is 2. The molecule has 0 saturated heterocycles. The summed E-state index contributed by atoms with van der Waals surface area (Å²) in [4.78, 5) is 32.7. The van der Waals surface area contributed by atoms with Crippen molar-refractivity contribution in [3.05, 3.63) is 65.4 Å². The molecular formula is C26H29N3O4. The minimum Gasteiger partial charge on any atom is -0.494 e. The number of amides is 1. The molecule has 0 fully saturated rings. The molecule has 3 aromatic rings. The average molecular weight is 448 g/mol. The summed E-state index contributed by atoms with van der Waals surface area (Å²) in [5.41, 5.74) is 3.75. The molecule has 1 amide bonds. The zero-order valence-corrected chi connectivity index (χ0v) is 19.1. The quantitative estimate of drug-likeness (QED) is 0.522. The van der Waals surface area contributed by atoms with Crippen molar-refractivity contribution in [2.24, 2.45) is 0 Å².